The number of carbonyl (C=O) groups is 6. The van der Waals surface area contributed by atoms with E-state index >= 15 is 0 Å². The Balaban J connectivity index is 2.11. The smallest absolute Gasteiger partial charge is 0.343 e. The maximum atomic E-state index is 13.4. The Morgan fingerprint density at radius 3 is 1.92 bits per heavy atom. The average Bonchev–Trinajstić information content (AvgIpc) is 3.03. The van der Waals surface area contributed by atoms with E-state index in [9.17, 15) is 28.8 Å². The molecule has 16 heteroatoms. The fraction of sp³-hybridized carbons (Fsp3) is 0.576. The number of benzene rings is 1. The standard InChI is InChI=1S/C33H43NO15/c1-9-42-31(39)33(32(40)43-10-2)14-24(23-13-22(41-8)11-12-25(23)34-33)17(3)15-45-30-29(48-21(7)38)28(47-20(6)37)27(46-19(5)36)26(49-30)16-44-18(4)35/h11-13,15,24,26-30,34H,9-10,14,16H2,1-8H3/b17-15+/t24-,26+,27+,28-,29+,30+/m0/s1. The lowest BCUT2D eigenvalue weighted by molar-refractivity contribution is -0.297. The molecule has 1 aromatic carbocycles. The van der Waals surface area contributed by atoms with Crippen LogP contribution in [0.4, 0.5) is 5.69 Å². The Kier molecular flexibility index (Phi) is 13.4. The number of anilines is 1. The number of nitrogens with one attached hydrogen (secondary N) is 1. The van der Waals surface area contributed by atoms with Crippen LogP contribution in [-0.4, -0.2) is 99.0 Å². The lowest BCUT2D eigenvalue weighted by Crippen LogP contribution is -2.62. The molecule has 1 fully saturated rings. The van der Waals surface area contributed by atoms with Gasteiger partial charge in [-0.3, -0.25) is 19.2 Å². The minimum absolute atomic E-state index is 0.00262. The molecule has 2 heterocycles. The van der Waals surface area contributed by atoms with Crippen LogP contribution in [0.25, 0.3) is 0 Å². The van der Waals surface area contributed by atoms with Crippen molar-refractivity contribution >= 4 is 41.5 Å². The molecule has 1 saturated heterocycles. The molecule has 0 spiro atoms. The van der Waals surface area contributed by atoms with Crippen molar-refractivity contribution in [2.45, 2.75) is 97.0 Å². The van der Waals surface area contributed by atoms with Gasteiger partial charge in [-0.15, -0.1) is 0 Å². The van der Waals surface area contributed by atoms with Gasteiger partial charge in [-0.25, -0.2) is 9.59 Å². The largest absolute Gasteiger partial charge is 0.497 e. The highest BCUT2D eigenvalue weighted by Gasteiger charge is 2.55. The summed E-state index contributed by atoms with van der Waals surface area (Å²) >= 11 is 0. The van der Waals surface area contributed by atoms with Crippen molar-refractivity contribution in [2.75, 3.05) is 32.2 Å². The summed E-state index contributed by atoms with van der Waals surface area (Å²) in [6.07, 6.45) is -5.89. The molecule has 49 heavy (non-hydrogen) atoms. The maximum Gasteiger partial charge on any atom is 0.343 e. The molecule has 0 unspecified atom stereocenters. The number of esters is 6. The third-order valence-corrected chi connectivity index (χ3v) is 7.63. The lowest BCUT2D eigenvalue weighted by atomic mass is 9.75. The van der Waals surface area contributed by atoms with E-state index in [1.54, 1.807) is 39.0 Å². The molecule has 0 aromatic heterocycles. The van der Waals surface area contributed by atoms with E-state index in [2.05, 4.69) is 5.32 Å². The Morgan fingerprint density at radius 2 is 1.39 bits per heavy atom. The number of ether oxygens (including phenoxy) is 9. The van der Waals surface area contributed by atoms with Crippen molar-refractivity contribution in [2.24, 2.45) is 0 Å². The van der Waals surface area contributed by atoms with E-state index in [1.807, 2.05) is 0 Å². The zero-order valence-corrected chi connectivity index (χ0v) is 28.7. The van der Waals surface area contributed by atoms with Crippen molar-refractivity contribution in [1.82, 2.24) is 0 Å². The molecule has 2 aliphatic rings. The van der Waals surface area contributed by atoms with Crippen molar-refractivity contribution in [3.05, 3.63) is 35.6 Å². The molecule has 2 aliphatic heterocycles. The summed E-state index contributed by atoms with van der Waals surface area (Å²) in [6, 6.07) is 5.04. The minimum Gasteiger partial charge on any atom is -0.497 e. The topological polar surface area (TPSA) is 198 Å². The van der Waals surface area contributed by atoms with Crippen LogP contribution >= 0.6 is 0 Å². The number of rotatable bonds is 13. The van der Waals surface area contributed by atoms with Crippen molar-refractivity contribution in [3.8, 4) is 5.75 Å². The third-order valence-electron chi connectivity index (χ3n) is 7.63. The highest BCUT2D eigenvalue weighted by molar-refractivity contribution is 6.08. The predicted octanol–water partition coefficient (Wildman–Crippen LogP) is 2.46. The second-order valence-corrected chi connectivity index (χ2v) is 11.2. The SMILES string of the molecule is CCOC(=O)C1(C(=O)OCC)C[C@@H](/C(C)=C/O[C@@H]2O[C@H](COC(C)=O)[C@@H](OC(C)=O)[C@H](OC(C)=O)[C@H]2OC(C)=O)c2cc(OC)ccc2N1. The van der Waals surface area contributed by atoms with Crippen LogP contribution in [0.5, 0.6) is 5.75 Å². The van der Waals surface area contributed by atoms with Gasteiger partial charge in [-0.2, -0.15) is 0 Å². The van der Waals surface area contributed by atoms with E-state index in [4.69, 9.17) is 42.6 Å². The summed E-state index contributed by atoms with van der Waals surface area (Å²) in [5.74, 6) is -4.91. The molecule has 1 N–H and O–H groups in total. The number of fused-ring (bicyclic) bond motifs is 1. The highest BCUT2D eigenvalue weighted by atomic mass is 16.7. The summed E-state index contributed by atoms with van der Waals surface area (Å²) in [5.41, 5.74) is -0.399. The number of hydrogen-bond acceptors (Lipinski definition) is 16. The number of hydrogen-bond donors (Lipinski definition) is 1. The summed E-state index contributed by atoms with van der Waals surface area (Å²) < 4.78 is 49.6. The Morgan fingerprint density at radius 1 is 0.816 bits per heavy atom. The number of allylic oxidation sites excluding steroid dienone is 1. The van der Waals surface area contributed by atoms with Gasteiger partial charge in [0.15, 0.2) is 12.2 Å². The van der Waals surface area contributed by atoms with Gasteiger partial charge < -0.3 is 47.9 Å². The Hall–Kier alpha value is -4.86. The second-order valence-electron chi connectivity index (χ2n) is 11.2. The fourth-order valence-electron chi connectivity index (χ4n) is 5.59. The molecular formula is C33H43NO15. The molecule has 0 radical (unpaired) electrons. The molecule has 1 aromatic rings. The molecule has 0 amide bonds. The first-order chi connectivity index (χ1) is 23.2. The summed E-state index contributed by atoms with van der Waals surface area (Å²) in [7, 11) is 1.49. The van der Waals surface area contributed by atoms with E-state index < -0.39 is 84.6 Å². The molecule has 270 valence electrons. The first-order valence-corrected chi connectivity index (χ1v) is 15.6. The monoisotopic (exact) mass is 693 g/mol. The van der Waals surface area contributed by atoms with Crippen molar-refractivity contribution in [1.29, 1.82) is 0 Å². The molecule has 16 nitrogen and oxygen atoms in total. The van der Waals surface area contributed by atoms with Gasteiger partial charge in [0.2, 0.25) is 17.9 Å². The second kappa shape index (κ2) is 17.0. The normalized spacial score (nSPS) is 24.1. The van der Waals surface area contributed by atoms with E-state index in [0.29, 0.717) is 22.6 Å². The van der Waals surface area contributed by atoms with E-state index in [-0.39, 0.29) is 19.6 Å². The summed E-state index contributed by atoms with van der Waals surface area (Å²) in [6.45, 7) is 8.95. The molecule has 6 atom stereocenters. The van der Waals surface area contributed by atoms with Crippen LogP contribution in [-0.2, 0) is 66.7 Å². The third kappa shape index (κ3) is 9.40. The molecule has 0 aliphatic carbocycles. The summed E-state index contributed by atoms with van der Waals surface area (Å²) in [5, 5.41) is 3.04. The van der Waals surface area contributed by atoms with Gasteiger partial charge in [0, 0.05) is 45.7 Å². The average molecular weight is 694 g/mol. The van der Waals surface area contributed by atoms with Gasteiger partial charge in [0.1, 0.15) is 18.5 Å². The Labute approximate surface area is 283 Å². The lowest BCUT2D eigenvalue weighted by Gasteiger charge is -2.43. The van der Waals surface area contributed by atoms with Gasteiger partial charge in [-0.05, 0) is 50.1 Å². The molecule has 3 rings (SSSR count). The maximum absolute atomic E-state index is 13.4. The van der Waals surface area contributed by atoms with Crippen LogP contribution in [0.15, 0.2) is 30.0 Å². The molecule has 0 saturated carbocycles. The van der Waals surface area contributed by atoms with Crippen LogP contribution in [0, 0.1) is 0 Å². The van der Waals surface area contributed by atoms with Gasteiger partial charge in [0.25, 0.3) is 0 Å². The first kappa shape index (κ1) is 38.6. The van der Waals surface area contributed by atoms with E-state index in [0.717, 1.165) is 27.7 Å². The molecule has 0 bridgehead atoms. The quantitative estimate of drug-likeness (QED) is 0.137. The van der Waals surface area contributed by atoms with Gasteiger partial charge in [-0.1, -0.05) is 0 Å². The molecular weight excluding hydrogens is 650 g/mol. The van der Waals surface area contributed by atoms with Crippen LogP contribution in [0.2, 0.25) is 0 Å². The van der Waals surface area contributed by atoms with Gasteiger partial charge >= 0.3 is 35.8 Å². The van der Waals surface area contributed by atoms with Crippen LogP contribution < -0.4 is 10.1 Å². The highest BCUT2D eigenvalue weighted by Crippen LogP contribution is 2.45. The predicted molar refractivity (Wildman–Crippen MR) is 167 cm³/mol. The summed E-state index contributed by atoms with van der Waals surface area (Å²) in [4.78, 5) is 75.0. The Bertz CT molecular complexity index is 1420. The van der Waals surface area contributed by atoms with Gasteiger partial charge in [0.05, 0.1) is 26.6 Å². The number of carbonyl (C=O) groups excluding carboxylic acids is 6. The van der Waals surface area contributed by atoms with Crippen molar-refractivity contribution < 1.29 is 71.4 Å². The van der Waals surface area contributed by atoms with E-state index in [1.165, 1.54) is 13.4 Å². The van der Waals surface area contributed by atoms with Crippen LogP contribution in [0.1, 0.15) is 66.4 Å². The fourth-order valence-corrected chi connectivity index (χ4v) is 5.59. The van der Waals surface area contributed by atoms with Crippen LogP contribution in [0.3, 0.4) is 0 Å². The van der Waals surface area contributed by atoms with Crippen molar-refractivity contribution in [3.63, 3.8) is 0 Å². The zero-order chi connectivity index (χ0) is 36.5. The number of methoxy groups -OCH3 is 1. The minimum atomic E-state index is -1.93. The first-order valence-electron chi connectivity index (χ1n) is 15.6. The zero-order valence-electron chi connectivity index (χ0n) is 28.7.